The first kappa shape index (κ1) is 21.9. The Morgan fingerprint density at radius 1 is 1.32 bits per heavy atom. The molecule has 9 nitrogen and oxygen atoms in total. The molecule has 0 bridgehead atoms. The number of hydrogen-bond donors (Lipinski definition) is 2. The lowest BCUT2D eigenvalue weighted by molar-refractivity contribution is 0.0963. The van der Waals surface area contributed by atoms with Crippen molar-refractivity contribution in [2.24, 2.45) is 10.7 Å². The van der Waals surface area contributed by atoms with Gasteiger partial charge in [0.25, 0.3) is 0 Å². The molecule has 3 rings (SSSR count). The van der Waals surface area contributed by atoms with E-state index in [-0.39, 0.29) is 36.1 Å². The van der Waals surface area contributed by atoms with Crippen molar-refractivity contribution < 1.29 is 9.53 Å². The average molecular weight is 499 g/mol. The van der Waals surface area contributed by atoms with E-state index in [1.54, 1.807) is 15.9 Å². The fraction of sp³-hybridized carbons (Fsp3) is 0.444. The molecule has 0 atom stereocenters. The molecule has 152 valence electrons. The van der Waals surface area contributed by atoms with Gasteiger partial charge in [0.1, 0.15) is 12.7 Å². The summed E-state index contributed by atoms with van der Waals surface area (Å²) in [6.45, 7) is 4.03. The molecule has 1 aliphatic rings. The number of halogens is 1. The summed E-state index contributed by atoms with van der Waals surface area (Å²) in [6.07, 6.45) is 4.56. The van der Waals surface area contributed by atoms with Crippen molar-refractivity contribution in [3.8, 4) is 5.69 Å². The molecule has 1 aromatic carbocycles. The molecular formula is C18H26IN7O2. The average Bonchev–Trinajstić information content (AvgIpc) is 3.22. The zero-order valence-electron chi connectivity index (χ0n) is 15.8. The third-order valence-corrected chi connectivity index (χ3v) is 4.42. The summed E-state index contributed by atoms with van der Waals surface area (Å²) in [5.41, 5.74) is 8.01. The fourth-order valence-electron chi connectivity index (χ4n) is 2.95. The summed E-state index contributed by atoms with van der Waals surface area (Å²) in [6, 6.07) is 8.13. The van der Waals surface area contributed by atoms with Crippen LogP contribution >= 0.6 is 24.0 Å². The Hall–Kier alpha value is -2.37. The fourth-order valence-corrected chi connectivity index (χ4v) is 2.95. The Morgan fingerprint density at radius 3 is 2.64 bits per heavy atom. The van der Waals surface area contributed by atoms with Crippen LogP contribution in [0.15, 0.2) is 41.9 Å². The van der Waals surface area contributed by atoms with Crippen LogP contribution in [0.4, 0.5) is 4.79 Å². The van der Waals surface area contributed by atoms with E-state index in [1.807, 2.05) is 31.2 Å². The van der Waals surface area contributed by atoms with Crippen molar-refractivity contribution in [2.45, 2.75) is 32.4 Å². The smallest absolute Gasteiger partial charge is 0.409 e. The molecule has 3 N–H and O–H groups in total. The van der Waals surface area contributed by atoms with E-state index in [0.29, 0.717) is 32.2 Å². The molecule has 2 aromatic rings. The number of aromatic nitrogens is 3. The highest BCUT2D eigenvalue weighted by Gasteiger charge is 2.23. The molecule has 10 heteroatoms. The van der Waals surface area contributed by atoms with Gasteiger partial charge in [-0.05, 0) is 37.5 Å². The first-order valence-electron chi connectivity index (χ1n) is 9.08. The number of aliphatic imine (C=N–C) groups is 1. The summed E-state index contributed by atoms with van der Waals surface area (Å²) in [5.74, 6) is 0.421. The number of rotatable bonds is 5. The van der Waals surface area contributed by atoms with Crippen molar-refractivity contribution >= 4 is 36.0 Å². The Morgan fingerprint density at radius 2 is 2.04 bits per heavy atom. The molecule has 0 aliphatic carbocycles. The zero-order chi connectivity index (χ0) is 19.1. The maximum atomic E-state index is 11.7. The van der Waals surface area contributed by atoms with Crippen molar-refractivity contribution in [3.63, 3.8) is 0 Å². The number of nitrogens with one attached hydrogen (secondary N) is 1. The number of likely N-dealkylation sites (tertiary alicyclic amines) is 1. The molecule has 1 aromatic heterocycles. The van der Waals surface area contributed by atoms with Gasteiger partial charge in [0.2, 0.25) is 0 Å². The van der Waals surface area contributed by atoms with E-state index >= 15 is 0 Å². The summed E-state index contributed by atoms with van der Waals surface area (Å²) in [7, 11) is 0. The van der Waals surface area contributed by atoms with Crippen molar-refractivity contribution in [2.75, 3.05) is 19.7 Å². The van der Waals surface area contributed by atoms with Crippen LogP contribution in [0.25, 0.3) is 5.69 Å². The predicted octanol–water partition coefficient (Wildman–Crippen LogP) is 1.91. The topological polar surface area (TPSA) is 111 Å². The largest absolute Gasteiger partial charge is 0.450 e. The van der Waals surface area contributed by atoms with Gasteiger partial charge in [0.15, 0.2) is 5.96 Å². The molecule has 0 unspecified atom stereocenters. The van der Waals surface area contributed by atoms with E-state index in [2.05, 4.69) is 20.4 Å². The minimum atomic E-state index is -0.244. The molecule has 0 radical (unpaired) electrons. The number of amides is 1. The Labute approximate surface area is 181 Å². The summed E-state index contributed by atoms with van der Waals surface area (Å²) in [4.78, 5) is 21.8. The SMILES string of the molecule is CCOC(=O)N1CCC(NC(N)=NCc2ccc(-n3cncn3)cc2)CC1.I. The minimum Gasteiger partial charge on any atom is -0.450 e. The van der Waals surface area contributed by atoms with Crippen molar-refractivity contribution in [1.82, 2.24) is 25.0 Å². The number of carbonyl (C=O) groups excluding carboxylic acids is 1. The second-order valence-electron chi connectivity index (χ2n) is 6.31. The highest BCUT2D eigenvalue weighted by atomic mass is 127. The molecule has 1 saturated heterocycles. The molecule has 1 amide bonds. The number of ether oxygens (including phenoxy) is 1. The van der Waals surface area contributed by atoms with Gasteiger partial charge < -0.3 is 20.7 Å². The molecule has 28 heavy (non-hydrogen) atoms. The van der Waals surface area contributed by atoms with Crippen LogP contribution in [0.5, 0.6) is 0 Å². The van der Waals surface area contributed by atoms with E-state index in [9.17, 15) is 4.79 Å². The van der Waals surface area contributed by atoms with E-state index < -0.39 is 0 Å². The predicted molar refractivity (Wildman–Crippen MR) is 117 cm³/mol. The number of carbonyl (C=O) groups is 1. The summed E-state index contributed by atoms with van der Waals surface area (Å²) < 4.78 is 6.73. The second-order valence-corrected chi connectivity index (χ2v) is 6.31. The number of benzene rings is 1. The standard InChI is InChI=1S/C18H25N7O2.HI/c1-2-27-18(26)24-9-7-15(8-10-24)23-17(19)21-11-14-3-5-16(6-4-14)25-13-20-12-22-25;/h3-6,12-13,15H,2,7-11H2,1H3,(H3,19,21,23);1H. The highest BCUT2D eigenvalue weighted by Crippen LogP contribution is 2.12. The number of nitrogens with two attached hydrogens (primary N) is 1. The first-order chi connectivity index (χ1) is 13.2. The number of guanidine groups is 1. The van der Waals surface area contributed by atoms with Gasteiger partial charge in [-0.3, -0.25) is 0 Å². The van der Waals surface area contributed by atoms with Crippen LogP contribution in [0, 0.1) is 0 Å². The molecule has 0 spiro atoms. The molecular weight excluding hydrogens is 473 g/mol. The molecule has 0 saturated carbocycles. The van der Waals surface area contributed by atoms with Gasteiger partial charge in [0.05, 0.1) is 18.8 Å². The van der Waals surface area contributed by atoms with Crippen LogP contribution in [0.2, 0.25) is 0 Å². The third kappa shape index (κ3) is 6.08. The zero-order valence-corrected chi connectivity index (χ0v) is 18.2. The normalized spacial score (nSPS) is 15.0. The van der Waals surface area contributed by atoms with Crippen LogP contribution in [-0.4, -0.2) is 57.5 Å². The van der Waals surface area contributed by atoms with Gasteiger partial charge >= 0.3 is 6.09 Å². The molecule has 1 fully saturated rings. The monoisotopic (exact) mass is 499 g/mol. The van der Waals surface area contributed by atoms with E-state index in [0.717, 1.165) is 24.1 Å². The lowest BCUT2D eigenvalue weighted by Crippen LogP contribution is -2.48. The molecule has 2 heterocycles. The Balaban J connectivity index is 0.00000280. The van der Waals surface area contributed by atoms with Gasteiger partial charge in [-0.2, -0.15) is 5.10 Å². The van der Waals surface area contributed by atoms with Gasteiger partial charge in [0, 0.05) is 19.1 Å². The first-order valence-corrected chi connectivity index (χ1v) is 9.08. The minimum absolute atomic E-state index is 0. The quantitative estimate of drug-likeness (QED) is 0.370. The van der Waals surface area contributed by atoms with Crippen molar-refractivity contribution in [3.05, 3.63) is 42.5 Å². The van der Waals surface area contributed by atoms with Gasteiger partial charge in [-0.1, -0.05) is 12.1 Å². The molecule has 1 aliphatic heterocycles. The maximum absolute atomic E-state index is 11.7. The highest BCUT2D eigenvalue weighted by molar-refractivity contribution is 14.0. The summed E-state index contributed by atoms with van der Waals surface area (Å²) in [5, 5.41) is 7.34. The van der Waals surface area contributed by atoms with E-state index in [4.69, 9.17) is 10.5 Å². The van der Waals surface area contributed by atoms with Crippen LogP contribution in [0.1, 0.15) is 25.3 Å². The summed E-state index contributed by atoms with van der Waals surface area (Å²) >= 11 is 0. The van der Waals surface area contributed by atoms with Crippen molar-refractivity contribution in [1.29, 1.82) is 0 Å². The number of nitrogens with zero attached hydrogens (tertiary/aromatic N) is 5. The number of hydrogen-bond acceptors (Lipinski definition) is 5. The lowest BCUT2D eigenvalue weighted by Gasteiger charge is -2.31. The second kappa shape index (κ2) is 10.8. The van der Waals surface area contributed by atoms with Gasteiger partial charge in [-0.15, -0.1) is 24.0 Å². The number of piperidine rings is 1. The third-order valence-electron chi connectivity index (χ3n) is 4.42. The maximum Gasteiger partial charge on any atom is 0.409 e. The van der Waals surface area contributed by atoms with Crippen LogP contribution < -0.4 is 11.1 Å². The lowest BCUT2D eigenvalue weighted by atomic mass is 10.1. The van der Waals surface area contributed by atoms with E-state index in [1.165, 1.54) is 6.33 Å². The Bertz CT molecular complexity index is 757. The van der Waals surface area contributed by atoms with Crippen LogP contribution in [0.3, 0.4) is 0 Å². The van der Waals surface area contributed by atoms with Crippen LogP contribution in [-0.2, 0) is 11.3 Å². The van der Waals surface area contributed by atoms with Gasteiger partial charge in [-0.25, -0.2) is 19.5 Å². The Kier molecular flexibility index (Phi) is 8.48.